The number of hydrogen-bond acceptors (Lipinski definition) is 2. The molecule has 0 saturated heterocycles. The van der Waals surface area contributed by atoms with Crippen LogP contribution in [0.25, 0.3) is 0 Å². The third kappa shape index (κ3) is 5.57. The summed E-state index contributed by atoms with van der Waals surface area (Å²) < 4.78 is 0. The normalized spacial score (nSPS) is 11.5. The van der Waals surface area contributed by atoms with E-state index in [0.29, 0.717) is 6.54 Å². The van der Waals surface area contributed by atoms with E-state index in [1.54, 1.807) is 7.05 Å². The first-order valence-electron chi connectivity index (χ1n) is 6.44. The number of nitrogens with one attached hydrogen (secondary N) is 2. The molecular weight excluding hydrogens is 236 g/mol. The first-order valence-corrected chi connectivity index (χ1v) is 6.44. The molecule has 0 heterocycles. The monoisotopic (exact) mass is 260 g/mol. The van der Waals surface area contributed by atoms with Gasteiger partial charge in [-0.3, -0.25) is 4.99 Å². The van der Waals surface area contributed by atoms with E-state index in [1.807, 2.05) is 6.08 Å². The molecule has 4 heteroatoms. The molecule has 0 aliphatic heterocycles. The van der Waals surface area contributed by atoms with Crippen molar-refractivity contribution in [2.75, 3.05) is 27.7 Å². The average molecular weight is 260 g/mol. The molecule has 0 bridgehead atoms. The quantitative estimate of drug-likeness (QED) is 0.464. The van der Waals surface area contributed by atoms with Crippen molar-refractivity contribution in [3.8, 4) is 0 Å². The van der Waals surface area contributed by atoms with E-state index in [2.05, 4.69) is 65.5 Å². The molecule has 1 rings (SSSR count). The zero-order chi connectivity index (χ0) is 14.1. The van der Waals surface area contributed by atoms with Gasteiger partial charge in [0.2, 0.25) is 0 Å². The molecule has 0 amide bonds. The van der Waals surface area contributed by atoms with Gasteiger partial charge in [-0.05, 0) is 25.2 Å². The van der Waals surface area contributed by atoms with Gasteiger partial charge in [0.15, 0.2) is 5.96 Å². The minimum absolute atomic E-state index is 0.707. The van der Waals surface area contributed by atoms with Crippen LogP contribution in [0, 0.1) is 0 Å². The summed E-state index contributed by atoms with van der Waals surface area (Å²) in [5.74, 6) is 0.791. The Balaban J connectivity index is 2.63. The molecule has 0 aromatic heterocycles. The molecule has 0 atom stereocenters. The van der Waals surface area contributed by atoms with Gasteiger partial charge in [0.1, 0.15) is 0 Å². The summed E-state index contributed by atoms with van der Waals surface area (Å²) in [5, 5.41) is 6.47. The standard InChI is InChI=1S/C15H24N4/c1-5-10-17-15(16-2)18-11-13-8-6-7-9-14(13)12-19(3)4/h5-9H,1,10-12H2,2-4H3,(H2,16,17,18). The van der Waals surface area contributed by atoms with Gasteiger partial charge in [0, 0.05) is 26.7 Å². The van der Waals surface area contributed by atoms with E-state index in [4.69, 9.17) is 0 Å². The van der Waals surface area contributed by atoms with E-state index in [0.717, 1.165) is 19.0 Å². The first kappa shape index (κ1) is 15.2. The SMILES string of the molecule is C=CCNC(=NC)NCc1ccccc1CN(C)C. The molecule has 4 nitrogen and oxygen atoms in total. The Labute approximate surface area is 116 Å². The topological polar surface area (TPSA) is 39.7 Å². The number of hydrogen-bond donors (Lipinski definition) is 2. The molecule has 0 aliphatic carbocycles. The second-order valence-corrected chi connectivity index (χ2v) is 4.60. The summed E-state index contributed by atoms with van der Waals surface area (Å²) in [6, 6.07) is 8.45. The maximum atomic E-state index is 4.17. The summed E-state index contributed by atoms with van der Waals surface area (Å²) in [6.07, 6.45) is 1.81. The van der Waals surface area contributed by atoms with Gasteiger partial charge >= 0.3 is 0 Å². The van der Waals surface area contributed by atoms with Gasteiger partial charge in [-0.2, -0.15) is 0 Å². The lowest BCUT2D eigenvalue weighted by Crippen LogP contribution is -2.37. The van der Waals surface area contributed by atoms with Crippen LogP contribution in [0.1, 0.15) is 11.1 Å². The van der Waals surface area contributed by atoms with Gasteiger partial charge in [-0.1, -0.05) is 30.3 Å². The van der Waals surface area contributed by atoms with E-state index in [9.17, 15) is 0 Å². The maximum absolute atomic E-state index is 4.17. The molecule has 1 aromatic rings. The van der Waals surface area contributed by atoms with E-state index < -0.39 is 0 Å². The molecule has 0 spiro atoms. The summed E-state index contributed by atoms with van der Waals surface area (Å²) in [6.45, 7) is 6.09. The summed E-state index contributed by atoms with van der Waals surface area (Å²) in [5.41, 5.74) is 2.62. The lowest BCUT2D eigenvalue weighted by atomic mass is 10.1. The van der Waals surface area contributed by atoms with Gasteiger partial charge < -0.3 is 15.5 Å². The van der Waals surface area contributed by atoms with Crippen LogP contribution in [0.2, 0.25) is 0 Å². The number of benzene rings is 1. The molecule has 0 aliphatic rings. The van der Waals surface area contributed by atoms with Crippen molar-refractivity contribution in [1.29, 1.82) is 0 Å². The Morgan fingerprint density at radius 3 is 2.53 bits per heavy atom. The van der Waals surface area contributed by atoms with Crippen LogP contribution in [-0.4, -0.2) is 38.5 Å². The Kier molecular flexibility index (Phi) is 6.68. The molecule has 0 radical (unpaired) electrons. The lowest BCUT2D eigenvalue weighted by molar-refractivity contribution is 0.400. The molecule has 2 N–H and O–H groups in total. The minimum Gasteiger partial charge on any atom is -0.353 e. The molecule has 0 saturated carbocycles. The highest BCUT2D eigenvalue weighted by molar-refractivity contribution is 5.79. The largest absolute Gasteiger partial charge is 0.353 e. The average Bonchev–Trinajstić information content (AvgIpc) is 2.40. The highest BCUT2D eigenvalue weighted by atomic mass is 15.2. The fourth-order valence-corrected chi connectivity index (χ4v) is 1.79. The Bertz CT molecular complexity index is 424. The third-order valence-electron chi connectivity index (χ3n) is 2.69. The van der Waals surface area contributed by atoms with Crippen molar-refractivity contribution in [2.24, 2.45) is 4.99 Å². The second kappa shape index (κ2) is 8.32. The van der Waals surface area contributed by atoms with Crippen molar-refractivity contribution in [2.45, 2.75) is 13.1 Å². The van der Waals surface area contributed by atoms with E-state index in [1.165, 1.54) is 11.1 Å². The fraction of sp³-hybridized carbons (Fsp3) is 0.400. The van der Waals surface area contributed by atoms with Crippen LogP contribution in [-0.2, 0) is 13.1 Å². The van der Waals surface area contributed by atoms with Gasteiger partial charge in [-0.25, -0.2) is 0 Å². The molecule has 19 heavy (non-hydrogen) atoms. The predicted molar refractivity (Wildman–Crippen MR) is 82.2 cm³/mol. The summed E-state index contributed by atoms with van der Waals surface area (Å²) in [7, 11) is 5.92. The zero-order valence-corrected chi connectivity index (χ0v) is 12.1. The van der Waals surface area contributed by atoms with Crippen molar-refractivity contribution in [3.05, 3.63) is 48.0 Å². The number of rotatable bonds is 6. The van der Waals surface area contributed by atoms with Crippen LogP contribution in [0.4, 0.5) is 0 Å². The number of nitrogens with zero attached hydrogens (tertiary/aromatic N) is 2. The molecular formula is C15H24N4. The van der Waals surface area contributed by atoms with E-state index in [-0.39, 0.29) is 0 Å². The Hall–Kier alpha value is -1.81. The van der Waals surface area contributed by atoms with Crippen molar-refractivity contribution in [3.63, 3.8) is 0 Å². The van der Waals surface area contributed by atoms with Crippen molar-refractivity contribution >= 4 is 5.96 Å². The highest BCUT2D eigenvalue weighted by Gasteiger charge is 2.03. The number of aliphatic imine (C=N–C) groups is 1. The Morgan fingerprint density at radius 2 is 1.95 bits per heavy atom. The van der Waals surface area contributed by atoms with Crippen LogP contribution in [0.5, 0.6) is 0 Å². The van der Waals surface area contributed by atoms with Crippen LogP contribution in [0.15, 0.2) is 41.9 Å². The minimum atomic E-state index is 0.707. The van der Waals surface area contributed by atoms with Crippen LogP contribution >= 0.6 is 0 Å². The van der Waals surface area contributed by atoms with Crippen LogP contribution < -0.4 is 10.6 Å². The first-order chi connectivity index (χ1) is 9.17. The fourth-order valence-electron chi connectivity index (χ4n) is 1.79. The van der Waals surface area contributed by atoms with Crippen molar-refractivity contribution < 1.29 is 0 Å². The van der Waals surface area contributed by atoms with Crippen LogP contribution in [0.3, 0.4) is 0 Å². The summed E-state index contributed by atoms with van der Waals surface area (Å²) in [4.78, 5) is 6.34. The maximum Gasteiger partial charge on any atom is 0.191 e. The number of guanidine groups is 1. The van der Waals surface area contributed by atoms with Gasteiger partial charge in [0.05, 0.1) is 0 Å². The second-order valence-electron chi connectivity index (χ2n) is 4.60. The van der Waals surface area contributed by atoms with Gasteiger partial charge in [-0.15, -0.1) is 6.58 Å². The predicted octanol–water partition coefficient (Wildman–Crippen LogP) is 1.60. The van der Waals surface area contributed by atoms with E-state index >= 15 is 0 Å². The molecule has 0 fully saturated rings. The zero-order valence-electron chi connectivity index (χ0n) is 12.1. The summed E-state index contributed by atoms with van der Waals surface area (Å²) >= 11 is 0. The lowest BCUT2D eigenvalue weighted by Gasteiger charge is -2.16. The molecule has 0 unspecified atom stereocenters. The Morgan fingerprint density at radius 1 is 1.26 bits per heavy atom. The molecule has 104 valence electrons. The molecule has 1 aromatic carbocycles. The smallest absolute Gasteiger partial charge is 0.191 e. The third-order valence-corrected chi connectivity index (χ3v) is 2.69. The highest BCUT2D eigenvalue weighted by Crippen LogP contribution is 2.10. The van der Waals surface area contributed by atoms with Gasteiger partial charge in [0.25, 0.3) is 0 Å². The van der Waals surface area contributed by atoms with Crippen molar-refractivity contribution in [1.82, 2.24) is 15.5 Å².